The molecule has 0 amide bonds. The molecule has 0 saturated carbocycles. The first-order valence-corrected chi connectivity index (χ1v) is 15.4. The van der Waals surface area contributed by atoms with E-state index >= 15 is 0 Å². The SMILES string of the molecule is CCCCC(C)n1c(O)c2c3cc(=S)c4ccc5ccc6c(SI)cc(c2c1=O)c1c6c5c4c31. The van der Waals surface area contributed by atoms with Crippen LogP contribution in [0.1, 0.15) is 39.2 Å². The Labute approximate surface area is 216 Å². The minimum absolute atomic E-state index is 0.0718. The van der Waals surface area contributed by atoms with Crippen molar-refractivity contribution in [2.75, 3.05) is 0 Å². The lowest BCUT2D eigenvalue weighted by atomic mass is 9.95. The summed E-state index contributed by atoms with van der Waals surface area (Å²) >= 11 is 8.19. The van der Waals surface area contributed by atoms with Gasteiger partial charge in [-0.15, -0.1) is 0 Å². The summed E-state index contributed by atoms with van der Waals surface area (Å²) in [5.74, 6) is 0.0751. The predicted octanol–water partition coefficient (Wildman–Crippen LogP) is 9.15. The van der Waals surface area contributed by atoms with Crippen molar-refractivity contribution >= 4 is 107 Å². The Kier molecular flexibility index (Phi) is 4.47. The van der Waals surface area contributed by atoms with E-state index in [1.807, 2.05) is 13.0 Å². The van der Waals surface area contributed by atoms with Crippen LogP contribution >= 0.6 is 42.4 Å². The zero-order chi connectivity index (χ0) is 23.5. The highest BCUT2D eigenvalue weighted by atomic mass is 127. The fraction of sp³-hybridized carbons (Fsp3) is 0.214. The molecule has 0 spiro atoms. The molecule has 0 fully saturated rings. The van der Waals surface area contributed by atoms with E-state index in [0.717, 1.165) is 55.6 Å². The highest BCUT2D eigenvalue weighted by Crippen LogP contribution is 2.54. The summed E-state index contributed by atoms with van der Waals surface area (Å²) in [7, 11) is 1.67. The smallest absolute Gasteiger partial charge is 0.262 e. The number of hydrogen-bond acceptors (Lipinski definition) is 4. The molecule has 0 saturated heterocycles. The Hall–Kier alpha value is -2.16. The molecule has 168 valence electrons. The van der Waals surface area contributed by atoms with Gasteiger partial charge in [-0.05, 0) is 68.6 Å². The number of aromatic hydroxyl groups is 1. The highest BCUT2D eigenvalue weighted by molar-refractivity contribution is 14.2. The zero-order valence-corrected chi connectivity index (χ0v) is 22.5. The minimum atomic E-state index is -0.101. The van der Waals surface area contributed by atoms with Gasteiger partial charge in [-0.2, -0.15) is 0 Å². The largest absolute Gasteiger partial charge is 0.494 e. The molecular formula is C28H20INO2S2. The molecule has 1 unspecified atom stereocenters. The van der Waals surface area contributed by atoms with Crippen LogP contribution < -0.4 is 5.56 Å². The quantitative estimate of drug-likeness (QED) is 0.123. The fourth-order valence-electron chi connectivity index (χ4n) is 6.26. The molecule has 1 N–H and O–H groups in total. The normalized spacial score (nSPS) is 13.9. The third-order valence-electron chi connectivity index (χ3n) is 7.73. The van der Waals surface area contributed by atoms with Gasteiger partial charge in [0.2, 0.25) is 5.88 Å². The first-order valence-electron chi connectivity index (χ1n) is 11.6. The molecule has 6 aromatic carbocycles. The zero-order valence-electron chi connectivity index (χ0n) is 18.7. The number of halogens is 1. The molecule has 34 heavy (non-hydrogen) atoms. The topological polar surface area (TPSA) is 42.2 Å². The molecular weight excluding hydrogens is 573 g/mol. The molecule has 7 aromatic rings. The van der Waals surface area contributed by atoms with Crippen LogP contribution in [0.2, 0.25) is 0 Å². The molecule has 0 aliphatic carbocycles. The third kappa shape index (κ3) is 2.39. The monoisotopic (exact) mass is 593 g/mol. The van der Waals surface area contributed by atoms with Crippen LogP contribution in [0.5, 0.6) is 5.88 Å². The molecule has 0 aliphatic rings. The van der Waals surface area contributed by atoms with Crippen LogP contribution in [0.15, 0.2) is 46.1 Å². The fourth-order valence-corrected chi connectivity index (χ4v) is 8.05. The van der Waals surface area contributed by atoms with Crippen molar-refractivity contribution in [3.05, 3.63) is 51.3 Å². The molecule has 3 nitrogen and oxygen atoms in total. The van der Waals surface area contributed by atoms with Gasteiger partial charge in [-0.1, -0.05) is 65.2 Å². The van der Waals surface area contributed by atoms with Crippen LogP contribution in [-0.2, 0) is 0 Å². The lowest BCUT2D eigenvalue weighted by Crippen LogP contribution is -2.18. The average molecular weight is 594 g/mol. The van der Waals surface area contributed by atoms with Crippen LogP contribution in [0.4, 0.5) is 0 Å². The number of benzene rings is 5. The maximum absolute atomic E-state index is 13.9. The second-order valence-corrected chi connectivity index (χ2v) is 11.8. The lowest BCUT2D eigenvalue weighted by molar-refractivity contribution is 0.376. The van der Waals surface area contributed by atoms with Crippen molar-refractivity contribution in [3.8, 4) is 5.88 Å². The van der Waals surface area contributed by atoms with Crippen molar-refractivity contribution in [3.63, 3.8) is 0 Å². The molecule has 0 bridgehead atoms. The Morgan fingerprint density at radius 2 is 1.59 bits per heavy atom. The summed E-state index contributed by atoms with van der Waals surface area (Å²) in [6.07, 6.45) is 2.92. The van der Waals surface area contributed by atoms with Gasteiger partial charge < -0.3 is 5.11 Å². The van der Waals surface area contributed by atoms with Gasteiger partial charge >= 0.3 is 0 Å². The number of hydrogen-bond donors (Lipinski definition) is 1. The van der Waals surface area contributed by atoms with Crippen molar-refractivity contribution in [1.82, 2.24) is 4.57 Å². The van der Waals surface area contributed by atoms with Gasteiger partial charge in [0, 0.05) is 47.4 Å². The van der Waals surface area contributed by atoms with E-state index in [2.05, 4.69) is 58.5 Å². The summed E-state index contributed by atoms with van der Waals surface area (Å²) in [5, 5.41) is 24.0. The summed E-state index contributed by atoms with van der Waals surface area (Å²) in [5.41, 5.74) is -0.101. The number of aromatic nitrogens is 1. The third-order valence-corrected chi connectivity index (χ3v) is 9.99. The first-order chi connectivity index (χ1) is 16.5. The Bertz CT molecular complexity index is 2010. The number of nitrogens with zero attached hydrogens (tertiary/aromatic N) is 1. The van der Waals surface area contributed by atoms with Crippen molar-refractivity contribution in [2.45, 2.75) is 44.0 Å². The maximum atomic E-state index is 13.9. The van der Waals surface area contributed by atoms with Gasteiger partial charge in [0.25, 0.3) is 5.56 Å². The lowest BCUT2D eigenvalue weighted by Gasteiger charge is -2.13. The molecule has 1 aromatic heterocycles. The molecule has 1 heterocycles. The van der Waals surface area contributed by atoms with Gasteiger partial charge in [0.15, 0.2) is 0 Å². The number of unbranched alkanes of at least 4 members (excludes halogenated alkanes) is 1. The molecule has 7 rings (SSSR count). The predicted molar refractivity (Wildman–Crippen MR) is 157 cm³/mol. The van der Waals surface area contributed by atoms with Crippen LogP contribution in [0, 0.1) is 4.51 Å². The summed E-state index contributed by atoms with van der Waals surface area (Å²) in [4.78, 5) is 15.1. The number of fused-ring (bicyclic) bond motifs is 3. The summed E-state index contributed by atoms with van der Waals surface area (Å²) in [6, 6.07) is 12.7. The van der Waals surface area contributed by atoms with E-state index in [1.165, 1.54) is 26.9 Å². The van der Waals surface area contributed by atoms with Gasteiger partial charge in [-0.3, -0.25) is 9.36 Å². The van der Waals surface area contributed by atoms with E-state index in [1.54, 1.807) is 13.5 Å². The van der Waals surface area contributed by atoms with E-state index in [9.17, 15) is 9.90 Å². The van der Waals surface area contributed by atoms with Gasteiger partial charge in [0.1, 0.15) is 0 Å². The Balaban J connectivity index is 1.83. The van der Waals surface area contributed by atoms with E-state index in [4.69, 9.17) is 12.2 Å². The Morgan fingerprint density at radius 1 is 0.941 bits per heavy atom. The molecule has 0 radical (unpaired) electrons. The highest BCUT2D eigenvalue weighted by Gasteiger charge is 2.29. The van der Waals surface area contributed by atoms with Gasteiger partial charge in [-0.25, -0.2) is 0 Å². The molecule has 1 atom stereocenters. The van der Waals surface area contributed by atoms with Crippen molar-refractivity contribution in [2.24, 2.45) is 0 Å². The maximum Gasteiger partial charge on any atom is 0.262 e. The standard InChI is InChI=1S/C28H20INO2S2/c1-3-4-5-12(2)30-27(31)25-16-10-18(33)14-8-6-13-7-9-15-19(34-29)11-17(26(25)28(30)32)24-22(15)20(13)21(14)23(16)24/h6-12,31H,3-5H2,1-2H3. The van der Waals surface area contributed by atoms with E-state index in [0.29, 0.717) is 10.8 Å². The van der Waals surface area contributed by atoms with Crippen molar-refractivity contribution in [1.29, 1.82) is 0 Å². The second kappa shape index (κ2) is 7.18. The first kappa shape index (κ1) is 21.1. The van der Waals surface area contributed by atoms with E-state index < -0.39 is 0 Å². The molecule has 0 aliphatic heterocycles. The van der Waals surface area contributed by atoms with Gasteiger partial charge in [0.05, 0.1) is 10.8 Å². The molecule has 6 heteroatoms. The minimum Gasteiger partial charge on any atom is -0.494 e. The van der Waals surface area contributed by atoms with Crippen LogP contribution in [0.25, 0.3) is 64.6 Å². The van der Waals surface area contributed by atoms with Crippen LogP contribution in [0.3, 0.4) is 0 Å². The van der Waals surface area contributed by atoms with Crippen LogP contribution in [-0.4, -0.2) is 9.67 Å². The second-order valence-electron chi connectivity index (χ2n) is 9.49. The average Bonchev–Trinajstić information content (AvgIpc) is 3.33. The summed E-state index contributed by atoms with van der Waals surface area (Å²) < 4.78 is 2.37. The van der Waals surface area contributed by atoms with E-state index in [-0.39, 0.29) is 17.5 Å². The Morgan fingerprint density at radius 3 is 2.29 bits per heavy atom. The summed E-state index contributed by atoms with van der Waals surface area (Å²) in [6.45, 7) is 4.18. The number of rotatable bonds is 5. The van der Waals surface area contributed by atoms with Crippen molar-refractivity contribution < 1.29 is 5.11 Å².